The number of aromatic nitrogens is 1. The molecule has 1 aromatic heterocycles. The van der Waals surface area contributed by atoms with Gasteiger partial charge in [0.1, 0.15) is 11.1 Å². The van der Waals surface area contributed by atoms with E-state index in [1.165, 1.54) is 0 Å². The first kappa shape index (κ1) is 18.7. The number of urea groups is 1. The molecule has 150 valence electrons. The highest BCUT2D eigenvalue weighted by Crippen LogP contribution is 2.34. The third kappa shape index (κ3) is 2.91. The molecule has 4 amide bonds. The molecule has 0 radical (unpaired) electrons. The predicted octanol–water partition coefficient (Wildman–Crippen LogP) is 1.05. The molecule has 2 N–H and O–H groups in total. The van der Waals surface area contributed by atoms with Crippen molar-refractivity contribution in [3.05, 3.63) is 33.2 Å². The zero-order chi connectivity index (χ0) is 20.1. The number of hydrogen-bond donors (Lipinski definition) is 2. The van der Waals surface area contributed by atoms with E-state index in [0.717, 1.165) is 30.5 Å². The number of imide groups is 1. The van der Waals surface area contributed by atoms with Crippen molar-refractivity contribution < 1.29 is 14.4 Å². The molecule has 28 heavy (non-hydrogen) atoms. The zero-order valence-corrected chi connectivity index (χ0v) is 16.3. The van der Waals surface area contributed by atoms with Crippen molar-refractivity contribution >= 4 is 17.8 Å². The number of piperidine rings is 1. The number of fused-ring (bicyclic) bond motifs is 1. The van der Waals surface area contributed by atoms with Crippen LogP contribution in [0, 0.1) is 5.92 Å². The van der Waals surface area contributed by atoms with Crippen LogP contribution in [-0.4, -0.2) is 57.8 Å². The summed E-state index contributed by atoms with van der Waals surface area (Å²) >= 11 is 0. The molecule has 0 atom stereocenters. The quantitative estimate of drug-likeness (QED) is 0.758. The molecule has 0 unspecified atom stereocenters. The Bertz CT molecular complexity index is 896. The van der Waals surface area contributed by atoms with Crippen molar-refractivity contribution in [1.29, 1.82) is 0 Å². The maximum Gasteiger partial charge on any atom is 0.325 e. The minimum atomic E-state index is -0.886. The van der Waals surface area contributed by atoms with Crippen molar-refractivity contribution in [3.8, 4) is 0 Å². The first-order valence-electron chi connectivity index (χ1n) is 9.99. The number of aromatic amines is 1. The fourth-order valence-electron chi connectivity index (χ4n) is 4.64. The van der Waals surface area contributed by atoms with Crippen LogP contribution < -0.4 is 10.9 Å². The summed E-state index contributed by atoms with van der Waals surface area (Å²) in [5.41, 5.74) is 0.913. The monoisotopic (exact) mass is 386 g/mol. The predicted molar refractivity (Wildman–Crippen MR) is 102 cm³/mol. The Morgan fingerprint density at radius 2 is 1.89 bits per heavy atom. The van der Waals surface area contributed by atoms with Crippen LogP contribution in [0.15, 0.2) is 10.9 Å². The van der Waals surface area contributed by atoms with E-state index in [1.54, 1.807) is 15.9 Å². The molecular formula is C20H26N4O4. The van der Waals surface area contributed by atoms with Gasteiger partial charge in [0.15, 0.2) is 0 Å². The second-order valence-electron chi connectivity index (χ2n) is 8.46. The van der Waals surface area contributed by atoms with Gasteiger partial charge in [-0.3, -0.25) is 19.7 Å². The van der Waals surface area contributed by atoms with Crippen molar-refractivity contribution in [1.82, 2.24) is 20.1 Å². The molecule has 1 aromatic rings. The van der Waals surface area contributed by atoms with E-state index in [-0.39, 0.29) is 34.9 Å². The molecule has 1 spiro atoms. The van der Waals surface area contributed by atoms with E-state index in [9.17, 15) is 19.2 Å². The lowest BCUT2D eigenvalue weighted by Gasteiger charge is -2.42. The number of rotatable bonds is 3. The first-order valence-corrected chi connectivity index (χ1v) is 9.99. The average Bonchev–Trinajstić information content (AvgIpc) is 3.19. The summed E-state index contributed by atoms with van der Waals surface area (Å²) in [4.78, 5) is 56.2. The molecule has 2 fully saturated rings. The number of likely N-dealkylation sites (tertiary alicyclic amines) is 1. The number of hydrogen-bond acceptors (Lipinski definition) is 4. The number of nitrogens with zero attached hydrogens (tertiary/aromatic N) is 2. The highest BCUT2D eigenvalue weighted by atomic mass is 16.2. The van der Waals surface area contributed by atoms with Crippen LogP contribution in [0.5, 0.6) is 0 Å². The number of carbonyl (C=O) groups excluding carboxylic acids is 3. The molecule has 2 aliphatic heterocycles. The Labute approximate surface area is 163 Å². The summed E-state index contributed by atoms with van der Waals surface area (Å²) in [6.45, 7) is 5.18. The molecule has 2 saturated heterocycles. The third-order valence-corrected chi connectivity index (χ3v) is 6.15. The summed E-state index contributed by atoms with van der Waals surface area (Å²) in [6, 6.07) is 1.37. The maximum absolute atomic E-state index is 13.0. The highest BCUT2D eigenvalue weighted by molar-refractivity contribution is 6.07. The van der Waals surface area contributed by atoms with Crippen molar-refractivity contribution in [2.45, 2.75) is 51.5 Å². The fourth-order valence-corrected chi connectivity index (χ4v) is 4.64. The second-order valence-corrected chi connectivity index (χ2v) is 8.46. The minimum Gasteiger partial charge on any atom is -0.338 e. The second kappa shape index (κ2) is 6.76. The van der Waals surface area contributed by atoms with E-state index < -0.39 is 5.54 Å². The molecular weight excluding hydrogens is 360 g/mol. The molecule has 8 nitrogen and oxygen atoms in total. The third-order valence-electron chi connectivity index (χ3n) is 6.15. The van der Waals surface area contributed by atoms with Gasteiger partial charge in [0.25, 0.3) is 17.4 Å². The summed E-state index contributed by atoms with van der Waals surface area (Å²) < 4.78 is 0. The van der Waals surface area contributed by atoms with Crippen LogP contribution >= 0.6 is 0 Å². The minimum absolute atomic E-state index is 0.169. The van der Waals surface area contributed by atoms with Gasteiger partial charge in [0.2, 0.25) is 0 Å². The van der Waals surface area contributed by atoms with E-state index in [1.807, 2.05) is 13.8 Å². The Morgan fingerprint density at radius 3 is 2.57 bits per heavy atom. The maximum atomic E-state index is 13.0. The summed E-state index contributed by atoms with van der Waals surface area (Å²) in [7, 11) is 0. The summed E-state index contributed by atoms with van der Waals surface area (Å²) in [5, 5.41) is 2.44. The van der Waals surface area contributed by atoms with Crippen LogP contribution in [0.4, 0.5) is 4.79 Å². The lowest BCUT2D eigenvalue weighted by Crippen LogP contribution is -2.58. The van der Waals surface area contributed by atoms with Gasteiger partial charge in [-0.05, 0) is 49.7 Å². The Balaban J connectivity index is 1.52. The standard InChI is InChI=1S/C20H26N4O4/c1-12(2)11-24-19(28)22-18(27)20(24)6-8-23(9-7-20)17(26)14-10-13-4-3-5-15(13)21-16(14)25/h10,12H,3-9,11H2,1-2H3,(H,21,25)(H,22,27,28). The molecule has 3 aliphatic rings. The molecule has 0 bridgehead atoms. The Morgan fingerprint density at radius 1 is 1.18 bits per heavy atom. The summed E-state index contributed by atoms with van der Waals surface area (Å²) in [6.07, 6.45) is 3.48. The lowest BCUT2D eigenvalue weighted by atomic mass is 9.85. The number of carbonyl (C=O) groups is 3. The van der Waals surface area contributed by atoms with Crippen LogP contribution in [0.2, 0.25) is 0 Å². The Hall–Kier alpha value is -2.64. The van der Waals surface area contributed by atoms with Crippen LogP contribution in [0.1, 0.15) is 54.7 Å². The van der Waals surface area contributed by atoms with Gasteiger partial charge >= 0.3 is 6.03 Å². The molecule has 4 rings (SSSR count). The van der Waals surface area contributed by atoms with Gasteiger partial charge in [0, 0.05) is 25.3 Å². The van der Waals surface area contributed by atoms with Gasteiger partial charge in [-0.25, -0.2) is 4.79 Å². The smallest absolute Gasteiger partial charge is 0.325 e. The van der Waals surface area contributed by atoms with Crippen molar-refractivity contribution in [2.75, 3.05) is 19.6 Å². The summed E-state index contributed by atoms with van der Waals surface area (Å²) in [5.74, 6) is -0.343. The van der Waals surface area contributed by atoms with E-state index >= 15 is 0 Å². The van der Waals surface area contributed by atoms with Gasteiger partial charge in [-0.2, -0.15) is 0 Å². The number of amides is 4. The fraction of sp³-hybridized carbons (Fsp3) is 0.600. The SMILES string of the molecule is CC(C)CN1C(=O)NC(=O)C12CCN(C(=O)c1cc3c([nH]c1=O)CCC3)CC2. The largest absolute Gasteiger partial charge is 0.338 e. The van der Waals surface area contributed by atoms with Gasteiger partial charge in [-0.1, -0.05) is 13.8 Å². The van der Waals surface area contributed by atoms with Crippen LogP contribution in [0.3, 0.4) is 0 Å². The molecule has 3 heterocycles. The lowest BCUT2D eigenvalue weighted by molar-refractivity contribution is -0.129. The normalized spacial score (nSPS) is 20.8. The first-order chi connectivity index (χ1) is 13.3. The number of pyridine rings is 1. The number of H-pyrrole nitrogens is 1. The number of nitrogens with one attached hydrogen (secondary N) is 2. The van der Waals surface area contributed by atoms with Crippen molar-refractivity contribution in [3.63, 3.8) is 0 Å². The molecule has 8 heteroatoms. The van der Waals surface area contributed by atoms with Crippen molar-refractivity contribution in [2.24, 2.45) is 5.92 Å². The number of aryl methyl sites for hydroxylation is 2. The highest BCUT2D eigenvalue weighted by Gasteiger charge is 2.54. The molecule has 1 aliphatic carbocycles. The van der Waals surface area contributed by atoms with Gasteiger partial charge in [-0.15, -0.1) is 0 Å². The van der Waals surface area contributed by atoms with E-state index in [4.69, 9.17) is 0 Å². The van der Waals surface area contributed by atoms with E-state index in [0.29, 0.717) is 32.5 Å². The zero-order valence-electron chi connectivity index (χ0n) is 16.3. The molecule has 0 aromatic carbocycles. The topological polar surface area (TPSA) is 103 Å². The van der Waals surface area contributed by atoms with Gasteiger partial charge < -0.3 is 14.8 Å². The van der Waals surface area contributed by atoms with E-state index in [2.05, 4.69) is 10.3 Å². The molecule has 0 saturated carbocycles. The van der Waals surface area contributed by atoms with Gasteiger partial charge in [0.05, 0.1) is 0 Å². The Kier molecular flexibility index (Phi) is 4.51. The van der Waals surface area contributed by atoms with Crippen LogP contribution in [0.25, 0.3) is 0 Å². The average molecular weight is 386 g/mol. The van der Waals surface area contributed by atoms with Crippen LogP contribution in [-0.2, 0) is 17.6 Å².